The minimum atomic E-state index is -0.178. The average molecular weight is 161 g/mol. The Morgan fingerprint density at radius 3 is 2.36 bits per heavy atom. The second kappa shape index (κ2) is 4.70. The van der Waals surface area contributed by atoms with Gasteiger partial charge in [0.25, 0.3) is 0 Å². The molecule has 11 heavy (non-hydrogen) atoms. The van der Waals surface area contributed by atoms with Gasteiger partial charge in [0.15, 0.2) is 0 Å². The van der Waals surface area contributed by atoms with Crippen LogP contribution in [0.25, 0.3) is 0 Å². The Morgan fingerprint density at radius 2 is 2.00 bits per heavy atom. The van der Waals surface area contributed by atoms with Gasteiger partial charge in [-0.15, -0.1) is 0 Å². The first kappa shape index (κ1) is 10.9. The van der Waals surface area contributed by atoms with Gasteiger partial charge in [-0.1, -0.05) is 0 Å². The molecule has 0 aromatic carbocycles. The molecule has 0 amide bonds. The zero-order chi connectivity index (χ0) is 8.91. The number of nitrogens with two attached hydrogens (primary N) is 1. The molecule has 3 heteroatoms. The molecule has 1 unspecified atom stereocenters. The smallest absolute Gasteiger partial charge is 0.102 e. The molecule has 0 aliphatic rings. The molecule has 68 valence electrons. The summed E-state index contributed by atoms with van der Waals surface area (Å²) in [7, 11) is 1.70. The van der Waals surface area contributed by atoms with Crippen LogP contribution in [0.5, 0.6) is 0 Å². The van der Waals surface area contributed by atoms with Gasteiger partial charge in [0, 0.05) is 7.11 Å². The largest absolute Gasteiger partial charge is 0.379 e. The van der Waals surface area contributed by atoms with Crippen LogP contribution >= 0.6 is 0 Å². The van der Waals surface area contributed by atoms with Crippen molar-refractivity contribution in [3.05, 3.63) is 0 Å². The monoisotopic (exact) mass is 161 g/mol. The summed E-state index contributed by atoms with van der Waals surface area (Å²) >= 11 is 0. The van der Waals surface area contributed by atoms with Gasteiger partial charge in [0.2, 0.25) is 0 Å². The fraction of sp³-hybridized carbons (Fsp3) is 1.00. The Labute approximate surface area is 68.9 Å². The van der Waals surface area contributed by atoms with E-state index in [9.17, 15) is 0 Å². The lowest BCUT2D eigenvalue weighted by molar-refractivity contribution is -0.0221. The highest BCUT2D eigenvalue weighted by Gasteiger charge is 2.15. The first-order chi connectivity index (χ1) is 4.98. The SMILES string of the molecule is COC(C)(C)CCOC(C)N. The minimum absolute atomic E-state index is 0.102. The summed E-state index contributed by atoms with van der Waals surface area (Å²) in [5.41, 5.74) is 5.30. The fourth-order valence-corrected chi connectivity index (χ4v) is 0.593. The van der Waals surface area contributed by atoms with Crippen molar-refractivity contribution < 1.29 is 9.47 Å². The van der Waals surface area contributed by atoms with Crippen molar-refractivity contribution in [3.8, 4) is 0 Å². The molecule has 0 aromatic rings. The highest BCUT2D eigenvalue weighted by Crippen LogP contribution is 2.12. The third kappa shape index (κ3) is 6.28. The van der Waals surface area contributed by atoms with E-state index < -0.39 is 0 Å². The number of hydrogen-bond acceptors (Lipinski definition) is 3. The highest BCUT2D eigenvalue weighted by atomic mass is 16.5. The molecule has 2 N–H and O–H groups in total. The predicted octanol–water partition coefficient (Wildman–Crippen LogP) is 1.12. The van der Waals surface area contributed by atoms with Crippen LogP contribution < -0.4 is 5.73 Å². The summed E-state index contributed by atoms with van der Waals surface area (Å²) in [5.74, 6) is 0. The maximum atomic E-state index is 5.40. The van der Waals surface area contributed by atoms with Crippen LogP contribution in [0.1, 0.15) is 27.2 Å². The van der Waals surface area contributed by atoms with Crippen molar-refractivity contribution in [2.24, 2.45) is 5.73 Å². The summed E-state index contributed by atoms with van der Waals surface area (Å²) < 4.78 is 10.4. The third-order valence-corrected chi connectivity index (χ3v) is 1.64. The van der Waals surface area contributed by atoms with E-state index in [0.717, 1.165) is 6.42 Å². The van der Waals surface area contributed by atoms with Gasteiger partial charge in [-0.3, -0.25) is 0 Å². The van der Waals surface area contributed by atoms with E-state index >= 15 is 0 Å². The first-order valence-electron chi connectivity index (χ1n) is 3.90. The zero-order valence-corrected chi connectivity index (χ0v) is 7.89. The summed E-state index contributed by atoms with van der Waals surface area (Å²) in [5, 5.41) is 0. The Hall–Kier alpha value is -0.120. The molecule has 0 aromatic heterocycles. The molecule has 1 atom stereocenters. The molecule has 0 heterocycles. The molecule has 0 bridgehead atoms. The van der Waals surface area contributed by atoms with Gasteiger partial charge in [-0.05, 0) is 27.2 Å². The van der Waals surface area contributed by atoms with Crippen LogP contribution in [0.2, 0.25) is 0 Å². The lowest BCUT2D eigenvalue weighted by Gasteiger charge is -2.22. The second-order valence-corrected chi connectivity index (χ2v) is 3.29. The maximum absolute atomic E-state index is 5.40. The van der Waals surface area contributed by atoms with E-state index in [4.69, 9.17) is 15.2 Å². The summed E-state index contributed by atoms with van der Waals surface area (Å²) in [6, 6.07) is 0. The highest BCUT2D eigenvalue weighted by molar-refractivity contribution is 4.66. The van der Waals surface area contributed by atoms with Crippen molar-refractivity contribution in [1.29, 1.82) is 0 Å². The Bertz CT molecular complexity index is 102. The molecular weight excluding hydrogens is 142 g/mol. The van der Waals surface area contributed by atoms with Crippen LogP contribution in [-0.4, -0.2) is 25.5 Å². The van der Waals surface area contributed by atoms with Crippen LogP contribution in [0, 0.1) is 0 Å². The maximum Gasteiger partial charge on any atom is 0.102 e. The Morgan fingerprint density at radius 1 is 1.45 bits per heavy atom. The molecule has 0 radical (unpaired) electrons. The molecule has 0 aliphatic heterocycles. The third-order valence-electron chi connectivity index (χ3n) is 1.64. The van der Waals surface area contributed by atoms with Gasteiger partial charge < -0.3 is 15.2 Å². The quantitative estimate of drug-likeness (QED) is 0.614. The standard InChI is InChI=1S/C8H19NO2/c1-7(9)11-6-5-8(2,3)10-4/h7H,5-6,9H2,1-4H3. The molecule has 0 spiro atoms. The van der Waals surface area contributed by atoms with Gasteiger partial charge in [0.1, 0.15) is 6.23 Å². The Balaban J connectivity index is 3.38. The normalized spacial score (nSPS) is 15.0. The number of methoxy groups -OCH3 is 1. The van der Waals surface area contributed by atoms with Gasteiger partial charge in [-0.25, -0.2) is 0 Å². The topological polar surface area (TPSA) is 44.5 Å². The Kier molecular flexibility index (Phi) is 4.65. The molecule has 3 nitrogen and oxygen atoms in total. The first-order valence-corrected chi connectivity index (χ1v) is 3.90. The number of hydrogen-bond donors (Lipinski definition) is 1. The van der Waals surface area contributed by atoms with Crippen molar-refractivity contribution in [3.63, 3.8) is 0 Å². The van der Waals surface area contributed by atoms with Crippen LogP contribution in [0.15, 0.2) is 0 Å². The average Bonchev–Trinajstić information content (AvgIpc) is 1.87. The summed E-state index contributed by atoms with van der Waals surface area (Å²) in [6.45, 7) is 6.52. The van der Waals surface area contributed by atoms with Crippen molar-refractivity contribution >= 4 is 0 Å². The summed E-state index contributed by atoms with van der Waals surface area (Å²) in [4.78, 5) is 0. The van der Waals surface area contributed by atoms with Gasteiger partial charge in [-0.2, -0.15) is 0 Å². The van der Waals surface area contributed by atoms with E-state index in [0.29, 0.717) is 6.61 Å². The molecular formula is C8H19NO2. The van der Waals surface area contributed by atoms with Gasteiger partial charge in [0.05, 0.1) is 12.2 Å². The van der Waals surface area contributed by atoms with E-state index in [1.807, 2.05) is 20.8 Å². The van der Waals surface area contributed by atoms with Crippen molar-refractivity contribution in [1.82, 2.24) is 0 Å². The molecule has 0 aliphatic carbocycles. The van der Waals surface area contributed by atoms with Crippen molar-refractivity contribution in [2.45, 2.75) is 39.0 Å². The minimum Gasteiger partial charge on any atom is -0.379 e. The van der Waals surface area contributed by atoms with Crippen LogP contribution in [-0.2, 0) is 9.47 Å². The van der Waals surface area contributed by atoms with E-state index in [-0.39, 0.29) is 11.8 Å². The van der Waals surface area contributed by atoms with Gasteiger partial charge >= 0.3 is 0 Å². The molecule has 0 saturated carbocycles. The number of ether oxygens (including phenoxy) is 2. The second-order valence-electron chi connectivity index (χ2n) is 3.29. The van der Waals surface area contributed by atoms with Crippen LogP contribution in [0.4, 0.5) is 0 Å². The zero-order valence-electron chi connectivity index (χ0n) is 7.89. The molecule has 0 saturated heterocycles. The molecule has 0 fully saturated rings. The van der Waals surface area contributed by atoms with E-state index in [2.05, 4.69) is 0 Å². The predicted molar refractivity (Wildman–Crippen MR) is 45.3 cm³/mol. The van der Waals surface area contributed by atoms with Crippen LogP contribution in [0.3, 0.4) is 0 Å². The summed E-state index contributed by atoms with van der Waals surface area (Å²) in [6.07, 6.45) is 0.688. The lowest BCUT2D eigenvalue weighted by atomic mass is 10.1. The number of rotatable bonds is 5. The lowest BCUT2D eigenvalue weighted by Crippen LogP contribution is -2.27. The van der Waals surface area contributed by atoms with E-state index in [1.54, 1.807) is 7.11 Å². The fourth-order valence-electron chi connectivity index (χ4n) is 0.593. The van der Waals surface area contributed by atoms with E-state index in [1.165, 1.54) is 0 Å². The van der Waals surface area contributed by atoms with Crippen molar-refractivity contribution in [2.75, 3.05) is 13.7 Å². The molecule has 0 rings (SSSR count).